The highest BCUT2D eigenvalue weighted by atomic mass is 16.5. The number of hydrogen-bond acceptors (Lipinski definition) is 4. The van der Waals surface area contributed by atoms with Crippen LogP contribution >= 0.6 is 0 Å². The van der Waals surface area contributed by atoms with E-state index in [0.29, 0.717) is 6.04 Å². The minimum Gasteiger partial charge on any atom is -0.493 e. The van der Waals surface area contributed by atoms with Crippen LogP contribution < -0.4 is 10.1 Å². The van der Waals surface area contributed by atoms with Crippen LogP contribution in [0.25, 0.3) is 5.65 Å². The minimum atomic E-state index is 0.296. The Bertz CT molecular complexity index is 502. The molecule has 16 heavy (non-hydrogen) atoms. The molecule has 3 heterocycles. The van der Waals surface area contributed by atoms with Crippen LogP contribution in [-0.4, -0.2) is 28.3 Å². The van der Waals surface area contributed by atoms with Gasteiger partial charge in [-0.25, -0.2) is 9.50 Å². The molecule has 0 amide bonds. The van der Waals surface area contributed by atoms with Gasteiger partial charge >= 0.3 is 0 Å². The molecule has 84 valence electrons. The zero-order valence-electron chi connectivity index (χ0n) is 9.18. The topological polar surface area (TPSA) is 51.5 Å². The Morgan fingerprint density at radius 1 is 1.56 bits per heavy atom. The van der Waals surface area contributed by atoms with Crippen molar-refractivity contribution in [2.75, 3.05) is 13.7 Å². The molecular formula is C11H14N4O. The lowest BCUT2D eigenvalue weighted by molar-refractivity contribution is 0.416. The van der Waals surface area contributed by atoms with E-state index in [0.717, 1.165) is 30.2 Å². The number of hydrogen-bond donors (Lipinski definition) is 1. The Morgan fingerprint density at radius 3 is 3.25 bits per heavy atom. The van der Waals surface area contributed by atoms with Crippen molar-refractivity contribution in [1.82, 2.24) is 19.9 Å². The van der Waals surface area contributed by atoms with Crippen LogP contribution in [0.1, 0.15) is 24.7 Å². The maximum atomic E-state index is 5.26. The molecule has 1 fully saturated rings. The van der Waals surface area contributed by atoms with Crippen LogP contribution in [0.5, 0.6) is 5.75 Å². The van der Waals surface area contributed by atoms with E-state index in [9.17, 15) is 0 Å². The molecule has 3 rings (SSSR count). The van der Waals surface area contributed by atoms with E-state index in [2.05, 4.69) is 15.4 Å². The van der Waals surface area contributed by atoms with Crippen molar-refractivity contribution in [2.24, 2.45) is 0 Å². The van der Waals surface area contributed by atoms with Gasteiger partial charge in [0.25, 0.3) is 0 Å². The molecule has 0 radical (unpaired) electrons. The van der Waals surface area contributed by atoms with Crippen molar-refractivity contribution in [1.29, 1.82) is 0 Å². The third-order valence-corrected chi connectivity index (χ3v) is 2.93. The Balaban J connectivity index is 2.07. The molecule has 1 unspecified atom stereocenters. The molecule has 0 saturated carbocycles. The molecule has 1 aliphatic rings. The van der Waals surface area contributed by atoms with Gasteiger partial charge in [-0.2, -0.15) is 0 Å². The first-order chi connectivity index (χ1) is 7.88. The predicted octanol–water partition coefficient (Wildman–Crippen LogP) is 1.16. The summed E-state index contributed by atoms with van der Waals surface area (Å²) in [5.41, 5.74) is 0.786. The summed E-state index contributed by atoms with van der Waals surface area (Å²) < 4.78 is 7.03. The van der Waals surface area contributed by atoms with Gasteiger partial charge in [-0.05, 0) is 31.5 Å². The zero-order valence-corrected chi connectivity index (χ0v) is 9.18. The number of ether oxygens (including phenoxy) is 1. The number of pyridine rings is 1. The van der Waals surface area contributed by atoms with Crippen molar-refractivity contribution in [3.63, 3.8) is 0 Å². The fourth-order valence-corrected chi connectivity index (χ4v) is 2.11. The molecule has 0 bridgehead atoms. The summed E-state index contributed by atoms with van der Waals surface area (Å²) in [4.78, 5) is 4.53. The van der Waals surface area contributed by atoms with Gasteiger partial charge in [0.1, 0.15) is 0 Å². The molecule has 1 N–H and O–H groups in total. The van der Waals surface area contributed by atoms with Gasteiger partial charge in [0.15, 0.2) is 17.2 Å². The van der Waals surface area contributed by atoms with E-state index in [1.54, 1.807) is 11.6 Å². The maximum Gasteiger partial charge on any atom is 0.198 e. The predicted molar refractivity (Wildman–Crippen MR) is 59.5 cm³/mol. The highest BCUT2D eigenvalue weighted by Crippen LogP contribution is 2.23. The summed E-state index contributed by atoms with van der Waals surface area (Å²) in [5, 5.41) is 7.86. The second kappa shape index (κ2) is 3.75. The summed E-state index contributed by atoms with van der Waals surface area (Å²) in [6.07, 6.45) is 4.19. The molecule has 1 aliphatic heterocycles. The third kappa shape index (κ3) is 1.44. The fraction of sp³-hybridized carbons (Fsp3) is 0.455. The summed E-state index contributed by atoms with van der Waals surface area (Å²) >= 11 is 0. The van der Waals surface area contributed by atoms with E-state index in [1.807, 2.05) is 18.3 Å². The van der Waals surface area contributed by atoms with Gasteiger partial charge in [-0.3, -0.25) is 0 Å². The lowest BCUT2D eigenvalue weighted by Crippen LogP contribution is -2.14. The van der Waals surface area contributed by atoms with Crippen molar-refractivity contribution in [2.45, 2.75) is 18.9 Å². The Labute approximate surface area is 93.4 Å². The largest absolute Gasteiger partial charge is 0.493 e. The Morgan fingerprint density at radius 2 is 2.50 bits per heavy atom. The van der Waals surface area contributed by atoms with Crippen LogP contribution in [-0.2, 0) is 0 Å². The number of nitrogens with one attached hydrogen (secondary N) is 1. The van der Waals surface area contributed by atoms with E-state index < -0.39 is 0 Å². The van der Waals surface area contributed by atoms with E-state index in [4.69, 9.17) is 4.74 Å². The van der Waals surface area contributed by atoms with Crippen molar-refractivity contribution in [3.8, 4) is 5.75 Å². The first-order valence-electron chi connectivity index (χ1n) is 5.51. The second-order valence-corrected chi connectivity index (χ2v) is 3.96. The van der Waals surface area contributed by atoms with E-state index in [-0.39, 0.29) is 0 Å². The van der Waals surface area contributed by atoms with Gasteiger partial charge in [0.05, 0.1) is 13.2 Å². The summed E-state index contributed by atoms with van der Waals surface area (Å²) in [6, 6.07) is 4.10. The van der Waals surface area contributed by atoms with Crippen molar-refractivity contribution >= 4 is 5.65 Å². The van der Waals surface area contributed by atoms with Crippen molar-refractivity contribution < 1.29 is 4.74 Å². The minimum absolute atomic E-state index is 0.296. The van der Waals surface area contributed by atoms with Gasteiger partial charge in [-0.1, -0.05) is 0 Å². The number of fused-ring (bicyclic) bond motifs is 1. The maximum absolute atomic E-state index is 5.26. The van der Waals surface area contributed by atoms with Gasteiger partial charge in [-0.15, -0.1) is 5.10 Å². The average molecular weight is 218 g/mol. The van der Waals surface area contributed by atoms with Crippen LogP contribution in [0.4, 0.5) is 0 Å². The lowest BCUT2D eigenvalue weighted by Gasteiger charge is -2.02. The fourth-order valence-electron chi connectivity index (χ4n) is 2.11. The van der Waals surface area contributed by atoms with Crippen LogP contribution in [0.15, 0.2) is 18.3 Å². The summed E-state index contributed by atoms with van der Waals surface area (Å²) in [5.74, 6) is 1.63. The standard InChI is InChI=1S/C11H14N4O/c1-16-9-5-3-7-15-11(9)13-10(14-15)8-4-2-6-12-8/h3,5,7-8,12H,2,4,6H2,1H3. The second-order valence-electron chi connectivity index (χ2n) is 3.96. The molecule has 2 aromatic rings. The highest BCUT2D eigenvalue weighted by Gasteiger charge is 2.21. The van der Waals surface area contributed by atoms with Gasteiger partial charge in [0.2, 0.25) is 0 Å². The quantitative estimate of drug-likeness (QED) is 0.822. The van der Waals surface area contributed by atoms with Gasteiger partial charge in [0, 0.05) is 6.20 Å². The van der Waals surface area contributed by atoms with Crippen LogP contribution in [0, 0.1) is 0 Å². The van der Waals surface area contributed by atoms with Crippen LogP contribution in [0.2, 0.25) is 0 Å². The molecule has 5 nitrogen and oxygen atoms in total. The Hall–Kier alpha value is -1.62. The lowest BCUT2D eigenvalue weighted by atomic mass is 10.2. The molecule has 1 atom stereocenters. The van der Waals surface area contributed by atoms with Crippen LogP contribution in [0.3, 0.4) is 0 Å². The number of nitrogens with zero attached hydrogens (tertiary/aromatic N) is 3. The first kappa shape index (κ1) is 9.59. The molecule has 5 heteroatoms. The molecule has 0 aromatic carbocycles. The molecular weight excluding hydrogens is 204 g/mol. The first-order valence-corrected chi connectivity index (χ1v) is 5.51. The van der Waals surface area contributed by atoms with Gasteiger partial charge < -0.3 is 10.1 Å². The highest BCUT2D eigenvalue weighted by molar-refractivity contribution is 5.52. The average Bonchev–Trinajstić information content (AvgIpc) is 2.96. The van der Waals surface area contributed by atoms with Crippen molar-refractivity contribution in [3.05, 3.63) is 24.2 Å². The zero-order chi connectivity index (χ0) is 11.0. The number of methoxy groups -OCH3 is 1. The summed E-state index contributed by atoms with van der Waals surface area (Å²) in [7, 11) is 1.65. The normalized spacial score (nSPS) is 20.4. The number of rotatable bonds is 2. The molecule has 0 aliphatic carbocycles. The SMILES string of the molecule is COc1cccn2nc(C3CCCN3)nc12. The molecule has 0 spiro atoms. The third-order valence-electron chi connectivity index (χ3n) is 2.93. The Kier molecular flexibility index (Phi) is 2.25. The number of aromatic nitrogens is 3. The van der Waals surface area contributed by atoms with E-state index in [1.165, 1.54) is 6.42 Å². The smallest absolute Gasteiger partial charge is 0.198 e. The molecule has 2 aromatic heterocycles. The summed E-state index contributed by atoms with van der Waals surface area (Å²) in [6.45, 7) is 1.05. The van der Waals surface area contributed by atoms with E-state index >= 15 is 0 Å². The monoisotopic (exact) mass is 218 g/mol. The molecule has 1 saturated heterocycles.